The normalized spacial score (nSPS) is 15.5. The van der Waals surface area contributed by atoms with Crippen molar-refractivity contribution in [2.75, 3.05) is 50.2 Å². The van der Waals surface area contributed by atoms with Crippen LogP contribution in [-0.2, 0) is 63.0 Å². The number of fused-ring (bicyclic) bond motifs is 6. The molecule has 20 nitrogen and oxygen atoms in total. The highest BCUT2D eigenvalue weighted by Gasteiger charge is 2.61. The first-order chi connectivity index (χ1) is 38.2. The Morgan fingerprint density at radius 2 is 0.988 bits per heavy atom. The third-order valence-electron chi connectivity index (χ3n) is 14.7. The zero-order valence-electron chi connectivity index (χ0n) is 42.8. The lowest BCUT2D eigenvalue weighted by Gasteiger charge is -2.45. The van der Waals surface area contributed by atoms with Gasteiger partial charge in [-0.15, -0.1) is 0 Å². The summed E-state index contributed by atoms with van der Waals surface area (Å²) in [5.74, 6) is -0.0925. The Morgan fingerprint density at radius 3 is 1.45 bits per heavy atom. The van der Waals surface area contributed by atoms with Gasteiger partial charge >= 0.3 is 19.3 Å². The van der Waals surface area contributed by atoms with Gasteiger partial charge in [0.05, 0.1) is 48.5 Å². The van der Waals surface area contributed by atoms with Crippen molar-refractivity contribution >= 4 is 105 Å². The number of methoxy groups -OCH3 is 2. The van der Waals surface area contributed by atoms with E-state index in [4.69, 9.17) is 34.8 Å². The predicted octanol–water partition coefficient (Wildman–Crippen LogP) is 5.29. The number of pyridine rings is 2. The molecule has 0 unspecified atom stereocenters. The van der Waals surface area contributed by atoms with Crippen molar-refractivity contribution in [1.82, 2.24) is 19.8 Å². The van der Waals surface area contributed by atoms with Gasteiger partial charge in [0, 0.05) is 70.8 Å². The fraction of sp³-hybridized carbons (Fsp3) is 0.179. The second-order valence-electron chi connectivity index (χ2n) is 19.5. The van der Waals surface area contributed by atoms with Crippen LogP contribution in [0.4, 0.5) is 21.0 Å². The first-order valence-electron chi connectivity index (χ1n) is 24.7. The number of nitrogens with two attached hydrogens (primary N) is 2. The molecule has 4 aliphatic rings. The van der Waals surface area contributed by atoms with E-state index >= 15 is 0 Å². The molecule has 408 valence electrons. The molecule has 6 aromatic carbocycles. The van der Waals surface area contributed by atoms with Crippen molar-refractivity contribution in [3.63, 3.8) is 0 Å². The van der Waals surface area contributed by atoms with E-state index < -0.39 is 50.2 Å². The molecule has 4 aliphatic heterocycles. The van der Waals surface area contributed by atoms with Gasteiger partial charge < -0.3 is 39.1 Å². The molecule has 8 aromatic rings. The van der Waals surface area contributed by atoms with Gasteiger partial charge in [-0.1, -0.05) is 109 Å². The summed E-state index contributed by atoms with van der Waals surface area (Å²) in [6.07, 6.45) is 2.75. The van der Waals surface area contributed by atoms with Crippen LogP contribution in [0.1, 0.15) is 22.5 Å². The highest BCUT2D eigenvalue weighted by molar-refractivity contribution is 9.10. The van der Waals surface area contributed by atoms with Gasteiger partial charge in [-0.05, 0) is 85.3 Å². The van der Waals surface area contributed by atoms with Crippen LogP contribution < -0.4 is 25.5 Å². The third-order valence-corrected chi connectivity index (χ3v) is 17.5. The molecule has 0 aliphatic carbocycles. The van der Waals surface area contributed by atoms with Crippen molar-refractivity contribution in [3.8, 4) is 11.1 Å². The second-order valence-corrected chi connectivity index (χ2v) is 23.4. The highest BCUT2D eigenvalue weighted by Crippen LogP contribution is 2.50. The molecule has 0 atom stereocenters. The third kappa shape index (κ3) is 10.0. The van der Waals surface area contributed by atoms with Gasteiger partial charge in [0.15, 0.2) is 0 Å². The van der Waals surface area contributed by atoms with Crippen LogP contribution >= 0.6 is 15.9 Å². The summed E-state index contributed by atoms with van der Waals surface area (Å²) in [6, 6.07) is 42.5. The van der Waals surface area contributed by atoms with E-state index in [1.807, 2.05) is 103 Å². The number of amides is 4. The summed E-state index contributed by atoms with van der Waals surface area (Å²) in [5.41, 5.74) is 5.22. The number of rotatable bonds is 8. The number of hydrogen-bond donors (Lipinski definition) is 4. The van der Waals surface area contributed by atoms with Crippen molar-refractivity contribution in [3.05, 3.63) is 185 Å². The molecule has 24 heteroatoms. The zero-order valence-corrected chi connectivity index (χ0v) is 46.1. The maximum Gasteiger partial charge on any atom is 0.488 e. The van der Waals surface area contributed by atoms with Gasteiger partial charge in [-0.3, -0.25) is 19.6 Å². The smallest absolute Gasteiger partial charge is 0.453 e. The molecule has 6 heterocycles. The number of anilines is 2. The largest absolute Gasteiger partial charge is 0.488 e. The number of halogens is 1. The molecular formula is C56H50BBrN8O12S2. The van der Waals surface area contributed by atoms with Crippen LogP contribution in [0.15, 0.2) is 172 Å². The number of likely N-dealkylation sites (tertiary alicyclic amines) is 2. The molecule has 2 aromatic heterocycles. The van der Waals surface area contributed by atoms with Crippen molar-refractivity contribution in [2.24, 2.45) is 10.3 Å². The number of carbonyl (C=O) groups is 4. The van der Waals surface area contributed by atoms with E-state index in [2.05, 4.69) is 20.9 Å². The average molecular weight is 1180 g/mol. The summed E-state index contributed by atoms with van der Waals surface area (Å²) in [6.45, 7) is 1.73. The molecule has 0 bridgehead atoms. The minimum Gasteiger partial charge on any atom is -0.453 e. The number of benzene rings is 6. The van der Waals surface area contributed by atoms with Crippen LogP contribution in [0.3, 0.4) is 0 Å². The Morgan fingerprint density at radius 1 is 0.588 bits per heavy atom. The summed E-state index contributed by atoms with van der Waals surface area (Å²) in [4.78, 5) is 67.3. The van der Waals surface area contributed by atoms with Crippen LogP contribution in [0.5, 0.6) is 0 Å². The summed E-state index contributed by atoms with van der Waals surface area (Å²) >= 11 is 3.68. The van der Waals surface area contributed by atoms with Crippen LogP contribution in [0.2, 0.25) is 0 Å². The van der Waals surface area contributed by atoms with E-state index in [1.54, 1.807) is 33.0 Å². The van der Waals surface area contributed by atoms with Crippen LogP contribution in [0, 0.1) is 0 Å². The molecule has 2 spiro atoms. The highest BCUT2D eigenvalue weighted by atomic mass is 79.9. The fourth-order valence-electron chi connectivity index (χ4n) is 10.7. The number of primary sulfonamides is 2. The number of hydrogen-bond acceptors (Lipinski definition) is 14. The Bertz CT molecular complexity index is 4010. The minimum atomic E-state index is -3.84. The minimum absolute atomic E-state index is 0.000659. The number of sulfonamides is 2. The number of aromatic nitrogens is 2. The Labute approximate surface area is 468 Å². The van der Waals surface area contributed by atoms with Gasteiger partial charge in [0.2, 0.25) is 31.9 Å². The first kappa shape index (κ1) is 55.2. The Kier molecular flexibility index (Phi) is 14.9. The molecule has 0 radical (unpaired) electrons. The van der Waals surface area contributed by atoms with Crippen molar-refractivity contribution < 1.29 is 55.5 Å². The van der Waals surface area contributed by atoms with Gasteiger partial charge in [0.1, 0.15) is 10.8 Å². The molecular weight excluding hydrogens is 1130 g/mol. The van der Waals surface area contributed by atoms with Gasteiger partial charge in [0.25, 0.3) is 0 Å². The number of para-hydroxylation sites is 2. The van der Waals surface area contributed by atoms with E-state index in [0.717, 1.165) is 65.3 Å². The summed E-state index contributed by atoms with van der Waals surface area (Å²) < 4.78 is 55.7. The van der Waals surface area contributed by atoms with E-state index in [1.165, 1.54) is 55.5 Å². The number of carbonyl (C=O) groups excluding carboxylic acids is 4. The Hall–Kier alpha value is -8.10. The van der Waals surface area contributed by atoms with Crippen LogP contribution in [-0.4, -0.2) is 118 Å². The quantitative estimate of drug-likeness (QED) is 0.141. The Balaban J connectivity index is 0.000000151. The average Bonchev–Trinajstić information content (AvgIpc) is 4.00. The SMILES string of the molecule is COC(=O)N1CC2(C1)C(=O)N(Cc1ncc3ccccc3c1-c1ccc(S(N)(=O)=O)cc1)c1ccccc12.COC(=O)N1CC2(C1)C(=O)N(Cc1ncc3ccccc3c1Br)c1ccccc12.NS(=O)(=O)c1ccc(B(O)O)cc1. The first-order valence-corrected chi connectivity index (χ1v) is 28.6. The monoisotopic (exact) mass is 1180 g/mol. The maximum absolute atomic E-state index is 13.9. The van der Waals surface area contributed by atoms with Crippen LogP contribution in [0.25, 0.3) is 32.7 Å². The lowest BCUT2D eigenvalue weighted by Crippen LogP contribution is -2.65. The molecule has 4 amide bonds. The van der Waals surface area contributed by atoms with Crippen molar-refractivity contribution in [1.29, 1.82) is 0 Å². The summed E-state index contributed by atoms with van der Waals surface area (Å²) in [5, 5.41) is 31.5. The molecule has 0 saturated carbocycles. The molecule has 12 rings (SSSR count). The number of nitrogens with zero attached hydrogens (tertiary/aromatic N) is 6. The molecule has 80 heavy (non-hydrogen) atoms. The van der Waals surface area contributed by atoms with E-state index in [-0.39, 0.29) is 46.7 Å². The summed E-state index contributed by atoms with van der Waals surface area (Å²) in [7, 11) is -6.47. The topological polar surface area (TPSA) is 286 Å². The second kappa shape index (κ2) is 21.5. The van der Waals surface area contributed by atoms with E-state index in [0.29, 0.717) is 25.3 Å². The standard InChI is InChI=1S/C28H24N4O5S.C22H18BrN3O3.C6H8BNO4S/c1-37-27(34)31-16-28(17-31)22-8-4-5-9-24(22)32(26(28)33)15-23-25(21-7-3-2-6-19(21)14-30-23)18-10-12-20(13-11-18)38(29,35)36;1-29-21(28)25-12-22(13-25)16-8-4-5-9-18(16)26(20(22)27)11-17-19(23)15-7-3-2-6-14(15)10-24-17;8-13(11,12)6-3-1-5(2-4-6)7(9)10/h2-14H,15-17H2,1H3,(H2,29,35,36);2-10H,11-13H2,1H3;1-4,9-10H,(H2,8,11,12). The lowest BCUT2D eigenvalue weighted by atomic mass is 9.75. The molecule has 2 saturated heterocycles. The fourth-order valence-corrected chi connectivity index (χ4v) is 12.3. The maximum atomic E-state index is 13.9. The van der Waals surface area contributed by atoms with Gasteiger partial charge in [-0.25, -0.2) is 36.7 Å². The molecule has 2 fully saturated rings. The molecule has 6 N–H and O–H groups in total. The van der Waals surface area contributed by atoms with Gasteiger partial charge in [-0.2, -0.15) is 0 Å². The number of ether oxygens (including phenoxy) is 2. The van der Waals surface area contributed by atoms with Crippen molar-refractivity contribution in [2.45, 2.75) is 33.7 Å². The zero-order chi connectivity index (χ0) is 56.9. The predicted molar refractivity (Wildman–Crippen MR) is 302 cm³/mol. The van der Waals surface area contributed by atoms with E-state index in [9.17, 15) is 36.0 Å². The lowest BCUT2D eigenvalue weighted by molar-refractivity contribution is -0.129.